The fourth-order valence-corrected chi connectivity index (χ4v) is 5.59. The molecule has 3 aliphatic rings. The Morgan fingerprint density at radius 1 is 1.19 bits per heavy atom. The van der Waals surface area contributed by atoms with Crippen molar-refractivity contribution in [3.8, 4) is 5.75 Å². The van der Waals surface area contributed by atoms with Gasteiger partial charge in [0.05, 0.1) is 20.3 Å². The zero-order valence-electron chi connectivity index (χ0n) is 16.9. The molecule has 2 fully saturated rings. The van der Waals surface area contributed by atoms with Crippen molar-refractivity contribution in [3.63, 3.8) is 0 Å². The molecule has 0 aromatic heterocycles. The highest BCUT2D eigenvalue weighted by Gasteiger charge is 2.53. The van der Waals surface area contributed by atoms with Gasteiger partial charge in [0.2, 0.25) is 0 Å². The van der Waals surface area contributed by atoms with E-state index < -0.39 is 0 Å². The summed E-state index contributed by atoms with van der Waals surface area (Å²) >= 11 is 0. The third kappa shape index (κ3) is 4.16. The molecule has 1 aliphatic heterocycles. The van der Waals surface area contributed by atoms with E-state index in [1.165, 1.54) is 45.1 Å². The van der Waals surface area contributed by atoms with Gasteiger partial charge >= 0.3 is 0 Å². The van der Waals surface area contributed by atoms with Gasteiger partial charge in [0.25, 0.3) is 0 Å². The van der Waals surface area contributed by atoms with Gasteiger partial charge in [-0.15, -0.1) is 0 Å². The molecule has 0 unspecified atom stereocenters. The van der Waals surface area contributed by atoms with Crippen molar-refractivity contribution in [1.82, 2.24) is 10.2 Å². The summed E-state index contributed by atoms with van der Waals surface area (Å²) in [6, 6.07) is 7.60. The van der Waals surface area contributed by atoms with Crippen LogP contribution in [0.25, 0.3) is 0 Å². The summed E-state index contributed by atoms with van der Waals surface area (Å²) in [5, 5.41) is 19.1. The van der Waals surface area contributed by atoms with Crippen molar-refractivity contribution in [3.05, 3.63) is 29.3 Å². The van der Waals surface area contributed by atoms with E-state index >= 15 is 0 Å². The smallest absolute Gasteiger partial charge is 0.119 e. The van der Waals surface area contributed by atoms with Gasteiger partial charge in [-0.3, -0.25) is 0 Å². The van der Waals surface area contributed by atoms with Gasteiger partial charge in [-0.1, -0.05) is 18.9 Å². The average Bonchev–Trinajstić information content (AvgIpc) is 2.71. The Morgan fingerprint density at radius 3 is 2.67 bits per heavy atom. The molecular weight excluding hydrogens is 340 g/mol. The SMILES string of the molecule is COc1ccc2c(c1)[C@@]13CCCC[C@@H]1[C@@H](C2)N(C)CC3.OCCNCCO. The van der Waals surface area contributed by atoms with E-state index in [0.29, 0.717) is 18.5 Å². The number of aliphatic hydroxyl groups is 2. The number of ether oxygens (including phenoxy) is 1. The van der Waals surface area contributed by atoms with E-state index in [1.807, 2.05) is 0 Å². The van der Waals surface area contributed by atoms with Crippen LogP contribution in [0.1, 0.15) is 43.2 Å². The molecular formula is C22H36N2O3. The van der Waals surface area contributed by atoms with E-state index in [-0.39, 0.29) is 13.2 Å². The number of fused-ring (bicyclic) bond motifs is 1. The summed E-state index contributed by atoms with van der Waals surface area (Å²) < 4.78 is 5.51. The molecule has 4 rings (SSSR count). The second-order valence-corrected chi connectivity index (χ2v) is 8.23. The summed E-state index contributed by atoms with van der Waals surface area (Å²) in [5.41, 5.74) is 3.67. The Labute approximate surface area is 163 Å². The average molecular weight is 377 g/mol. The number of hydrogen-bond donors (Lipinski definition) is 3. The molecule has 2 bridgehead atoms. The summed E-state index contributed by atoms with van der Waals surface area (Å²) in [5.74, 6) is 1.91. The van der Waals surface area contributed by atoms with Gasteiger partial charge in [0.15, 0.2) is 0 Å². The Hall–Kier alpha value is -1.14. The van der Waals surface area contributed by atoms with Crippen molar-refractivity contribution in [2.45, 2.75) is 50.0 Å². The molecule has 1 saturated heterocycles. The van der Waals surface area contributed by atoms with Gasteiger partial charge in [-0.05, 0) is 68.5 Å². The molecule has 3 atom stereocenters. The van der Waals surface area contributed by atoms with E-state index in [9.17, 15) is 0 Å². The fourth-order valence-electron chi connectivity index (χ4n) is 5.59. The van der Waals surface area contributed by atoms with Crippen LogP contribution in [0, 0.1) is 5.92 Å². The topological polar surface area (TPSA) is 65.0 Å². The van der Waals surface area contributed by atoms with Gasteiger partial charge in [-0.2, -0.15) is 0 Å². The molecule has 2 aliphatic carbocycles. The lowest BCUT2D eigenvalue weighted by Crippen LogP contribution is -2.59. The third-order valence-corrected chi connectivity index (χ3v) is 6.90. The number of rotatable bonds is 5. The van der Waals surface area contributed by atoms with Crippen molar-refractivity contribution in [2.24, 2.45) is 5.92 Å². The lowest BCUT2D eigenvalue weighted by atomic mass is 9.52. The van der Waals surface area contributed by atoms with Crippen LogP contribution in [0.2, 0.25) is 0 Å². The molecule has 0 amide bonds. The number of likely N-dealkylation sites (tertiary alicyclic amines) is 1. The first kappa shape index (κ1) is 20.6. The lowest BCUT2D eigenvalue weighted by molar-refractivity contribution is 0.00274. The number of piperidine rings is 1. The van der Waals surface area contributed by atoms with Gasteiger partial charge in [-0.25, -0.2) is 0 Å². The minimum atomic E-state index is 0.139. The van der Waals surface area contributed by atoms with Crippen LogP contribution >= 0.6 is 0 Å². The third-order valence-electron chi connectivity index (χ3n) is 6.90. The number of aliphatic hydroxyl groups excluding tert-OH is 2. The molecule has 5 heteroatoms. The molecule has 152 valence electrons. The monoisotopic (exact) mass is 376 g/mol. The van der Waals surface area contributed by atoms with Gasteiger partial charge < -0.3 is 25.2 Å². The molecule has 1 aromatic rings. The van der Waals surface area contributed by atoms with E-state index in [2.05, 4.69) is 35.5 Å². The molecule has 27 heavy (non-hydrogen) atoms. The predicted molar refractivity (Wildman–Crippen MR) is 108 cm³/mol. The molecule has 1 aromatic carbocycles. The summed E-state index contributed by atoms with van der Waals surface area (Å²) in [6.45, 7) is 2.68. The predicted octanol–water partition coefficient (Wildman–Crippen LogP) is 1.94. The second kappa shape index (κ2) is 9.37. The maximum atomic E-state index is 8.15. The van der Waals surface area contributed by atoms with Crippen LogP contribution in [-0.2, 0) is 11.8 Å². The molecule has 1 saturated carbocycles. The second-order valence-electron chi connectivity index (χ2n) is 8.23. The number of benzene rings is 1. The van der Waals surface area contributed by atoms with Crippen LogP contribution in [0.4, 0.5) is 0 Å². The zero-order chi connectivity index (χ0) is 19.3. The van der Waals surface area contributed by atoms with Crippen molar-refractivity contribution < 1.29 is 14.9 Å². The minimum Gasteiger partial charge on any atom is -0.497 e. The summed E-state index contributed by atoms with van der Waals surface area (Å²) in [6.07, 6.45) is 8.22. The van der Waals surface area contributed by atoms with Crippen LogP contribution in [0.3, 0.4) is 0 Å². The number of hydrogen-bond acceptors (Lipinski definition) is 5. The van der Waals surface area contributed by atoms with Crippen LogP contribution in [0.5, 0.6) is 5.75 Å². The Morgan fingerprint density at radius 2 is 1.96 bits per heavy atom. The van der Waals surface area contributed by atoms with Crippen LogP contribution < -0.4 is 10.1 Å². The van der Waals surface area contributed by atoms with Crippen molar-refractivity contribution >= 4 is 0 Å². The fraction of sp³-hybridized carbons (Fsp3) is 0.727. The molecule has 1 heterocycles. The van der Waals surface area contributed by atoms with E-state index in [0.717, 1.165) is 17.7 Å². The van der Waals surface area contributed by atoms with Gasteiger partial charge in [0, 0.05) is 24.5 Å². The molecule has 5 nitrogen and oxygen atoms in total. The largest absolute Gasteiger partial charge is 0.497 e. The molecule has 3 N–H and O–H groups in total. The first-order valence-electron chi connectivity index (χ1n) is 10.5. The molecule has 0 spiro atoms. The highest BCUT2D eigenvalue weighted by molar-refractivity contribution is 5.45. The number of methoxy groups -OCH3 is 1. The summed E-state index contributed by atoms with van der Waals surface area (Å²) in [4.78, 5) is 2.63. The maximum absolute atomic E-state index is 8.15. The summed E-state index contributed by atoms with van der Waals surface area (Å²) in [7, 11) is 4.12. The first-order valence-corrected chi connectivity index (χ1v) is 10.5. The van der Waals surface area contributed by atoms with Crippen LogP contribution in [-0.4, -0.2) is 68.2 Å². The maximum Gasteiger partial charge on any atom is 0.119 e. The normalized spacial score (nSPS) is 29.2. The number of likely N-dealkylation sites (N-methyl/N-ethyl adjacent to an activating group) is 1. The Balaban J connectivity index is 0.000000260. The van der Waals surface area contributed by atoms with E-state index in [1.54, 1.807) is 18.2 Å². The van der Waals surface area contributed by atoms with E-state index in [4.69, 9.17) is 14.9 Å². The highest BCUT2D eigenvalue weighted by atomic mass is 16.5. The standard InChI is InChI=1S/C18H25NO.C4H11NO2/c1-19-10-9-18-8-4-3-5-15(18)17(19)11-13-6-7-14(20-2)12-16(13)18;6-3-1-5-2-4-7/h6-7,12,15,17H,3-5,8-11H2,1-2H3;5-7H,1-4H2/t15-,17-,18-;/m1./s1. The quantitative estimate of drug-likeness (QED) is 0.686. The van der Waals surface area contributed by atoms with Crippen molar-refractivity contribution in [2.75, 3.05) is 47.0 Å². The first-order chi connectivity index (χ1) is 13.2. The molecule has 0 radical (unpaired) electrons. The zero-order valence-corrected chi connectivity index (χ0v) is 16.9. The lowest BCUT2D eigenvalue weighted by Gasteiger charge is -2.58. The Bertz CT molecular complexity index is 605. The van der Waals surface area contributed by atoms with Crippen molar-refractivity contribution in [1.29, 1.82) is 0 Å². The number of nitrogens with zero attached hydrogens (tertiary/aromatic N) is 1. The minimum absolute atomic E-state index is 0.139. The highest BCUT2D eigenvalue weighted by Crippen LogP contribution is 2.55. The number of nitrogens with one attached hydrogen (secondary N) is 1. The van der Waals surface area contributed by atoms with Gasteiger partial charge in [0.1, 0.15) is 5.75 Å². The Kier molecular flexibility index (Phi) is 7.15. The van der Waals surface area contributed by atoms with Crippen LogP contribution in [0.15, 0.2) is 18.2 Å².